The Morgan fingerprint density at radius 3 is 3.10 bits per heavy atom. The molecule has 0 amide bonds. The molecule has 60 valence electrons. The topological polar surface area (TPSA) is 58.3 Å². The van der Waals surface area contributed by atoms with E-state index in [9.17, 15) is 0 Å². The standard InChI is InChI=1S/C7H16N2O/c8-7-4-9-3-1-2-6(7)5-10/h6-7,9-10H,1-5,8H2. The molecule has 1 saturated heterocycles. The fourth-order valence-corrected chi connectivity index (χ4v) is 1.37. The van der Waals surface area contributed by atoms with E-state index in [1.54, 1.807) is 0 Å². The predicted octanol–water partition coefficient (Wildman–Crippen LogP) is -0.694. The molecule has 0 saturated carbocycles. The van der Waals surface area contributed by atoms with Crippen LogP contribution in [-0.2, 0) is 0 Å². The molecule has 10 heavy (non-hydrogen) atoms. The van der Waals surface area contributed by atoms with Crippen LogP contribution in [0, 0.1) is 5.92 Å². The highest BCUT2D eigenvalue weighted by molar-refractivity contribution is 4.77. The van der Waals surface area contributed by atoms with Crippen molar-refractivity contribution in [2.24, 2.45) is 11.7 Å². The third-order valence-electron chi connectivity index (χ3n) is 2.15. The minimum atomic E-state index is 0.146. The van der Waals surface area contributed by atoms with E-state index in [0.717, 1.165) is 25.9 Å². The molecule has 4 N–H and O–H groups in total. The summed E-state index contributed by atoms with van der Waals surface area (Å²) in [6, 6.07) is 0.146. The summed E-state index contributed by atoms with van der Waals surface area (Å²) in [5.74, 6) is 0.315. The fourth-order valence-electron chi connectivity index (χ4n) is 1.37. The molecule has 2 atom stereocenters. The van der Waals surface area contributed by atoms with Crippen LogP contribution in [0.1, 0.15) is 12.8 Å². The Hall–Kier alpha value is -0.120. The highest BCUT2D eigenvalue weighted by Crippen LogP contribution is 2.10. The Labute approximate surface area is 61.6 Å². The van der Waals surface area contributed by atoms with Crippen LogP contribution in [0.4, 0.5) is 0 Å². The number of rotatable bonds is 1. The van der Waals surface area contributed by atoms with Crippen molar-refractivity contribution in [3.8, 4) is 0 Å². The zero-order valence-corrected chi connectivity index (χ0v) is 6.21. The van der Waals surface area contributed by atoms with Gasteiger partial charge in [0.1, 0.15) is 0 Å². The minimum absolute atomic E-state index is 0.146. The first-order chi connectivity index (χ1) is 4.84. The molecule has 3 heteroatoms. The van der Waals surface area contributed by atoms with Crippen LogP contribution in [0.3, 0.4) is 0 Å². The third-order valence-corrected chi connectivity index (χ3v) is 2.15. The molecule has 1 heterocycles. The highest BCUT2D eigenvalue weighted by Gasteiger charge is 2.18. The molecule has 0 aromatic rings. The molecule has 0 aromatic carbocycles. The van der Waals surface area contributed by atoms with Crippen LogP contribution in [0.2, 0.25) is 0 Å². The summed E-state index contributed by atoms with van der Waals surface area (Å²) in [6.45, 7) is 2.14. The summed E-state index contributed by atoms with van der Waals surface area (Å²) in [6.07, 6.45) is 2.20. The van der Waals surface area contributed by atoms with Crippen LogP contribution < -0.4 is 11.1 Å². The Kier molecular flexibility index (Phi) is 3.12. The Morgan fingerprint density at radius 1 is 1.60 bits per heavy atom. The van der Waals surface area contributed by atoms with Gasteiger partial charge in [-0.25, -0.2) is 0 Å². The maximum absolute atomic E-state index is 8.88. The lowest BCUT2D eigenvalue weighted by molar-refractivity contribution is 0.201. The molecule has 0 aromatic heterocycles. The summed E-state index contributed by atoms with van der Waals surface area (Å²) in [7, 11) is 0. The van der Waals surface area contributed by atoms with Gasteiger partial charge in [0.25, 0.3) is 0 Å². The second kappa shape index (κ2) is 3.91. The van der Waals surface area contributed by atoms with Crippen molar-refractivity contribution in [1.82, 2.24) is 5.32 Å². The smallest absolute Gasteiger partial charge is 0.0474 e. The van der Waals surface area contributed by atoms with Crippen LogP contribution in [0.15, 0.2) is 0 Å². The summed E-state index contributed by atoms with van der Waals surface area (Å²) in [5, 5.41) is 12.1. The van der Waals surface area contributed by atoms with E-state index < -0.39 is 0 Å². The van der Waals surface area contributed by atoms with Gasteiger partial charge in [-0.1, -0.05) is 0 Å². The lowest BCUT2D eigenvalue weighted by atomic mass is 9.98. The van der Waals surface area contributed by atoms with E-state index in [-0.39, 0.29) is 12.6 Å². The molecule has 3 nitrogen and oxygen atoms in total. The fraction of sp³-hybridized carbons (Fsp3) is 1.00. The molecule has 0 radical (unpaired) electrons. The van der Waals surface area contributed by atoms with E-state index in [1.165, 1.54) is 0 Å². The number of aliphatic hydroxyl groups is 1. The van der Waals surface area contributed by atoms with Crippen molar-refractivity contribution < 1.29 is 5.11 Å². The molecule has 0 bridgehead atoms. The number of nitrogens with one attached hydrogen (secondary N) is 1. The van der Waals surface area contributed by atoms with Crippen molar-refractivity contribution in [3.63, 3.8) is 0 Å². The zero-order chi connectivity index (χ0) is 7.40. The van der Waals surface area contributed by atoms with Crippen molar-refractivity contribution in [2.45, 2.75) is 18.9 Å². The van der Waals surface area contributed by atoms with Crippen LogP contribution >= 0.6 is 0 Å². The molecule has 0 spiro atoms. The number of aliphatic hydroxyl groups excluding tert-OH is 1. The van der Waals surface area contributed by atoms with E-state index in [1.807, 2.05) is 0 Å². The Balaban J connectivity index is 2.35. The number of hydrogen-bond acceptors (Lipinski definition) is 3. The molecule has 2 unspecified atom stereocenters. The monoisotopic (exact) mass is 144 g/mol. The first-order valence-electron chi connectivity index (χ1n) is 3.91. The van der Waals surface area contributed by atoms with Crippen molar-refractivity contribution in [3.05, 3.63) is 0 Å². The molecule has 1 rings (SSSR count). The minimum Gasteiger partial charge on any atom is -0.396 e. The van der Waals surface area contributed by atoms with Gasteiger partial charge >= 0.3 is 0 Å². The quantitative estimate of drug-likeness (QED) is 0.456. The third kappa shape index (κ3) is 1.94. The highest BCUT2D eigenvalue weighted by atomic mass is 16.3. The van der Waals surface area contributed by atoms with Gasteiger partial charge in [0.15, 0.2) is 0 Å². The van der Waals surface area contributed by atoms with Crippen LogP contribution in [-0.4, -0.2) is 30.8 Å². The van der Waals surface area contributed by atoms with Crippen LogP contribution in [0.5, 0.6) is 0 Å². The van der Waals surface area contributed by atoms with Crippen molar-refractivity contribution in [1.29, 1.82) is 0 Å². The maximum Gasteiger partial charge on any atom is 0.0474 e. The number of hydrogen-bond donors (Lipinski definition) is 3. The van der Waals surface area contributed by atoms with Gasteiger partial charge in [0.05, 0.1) is 0 Å². The molecule has 1 aliphatic rings. The Morgan fingerprint density at radius 2 is 2.40 bits per heavy atom. The first-order valence-corrected chi connectivity index (χ1v) is 3.91. The molecule has 1 aliphatic heterocycles. The second-order valence-electron chi connectivity index (χ2n) is 2.95. The van der Waals surface area contributed by atoms with E-state index in [0.29, 0.717) is 5.92 Å². The van der Waals surface area contributed by atoms with Crippen molar-refractivity contribution >= 4 is 0 Å². The largest absolute Gasteiger partial charge is 0.396 e. The van der Waals surface area contributed by atoms with Gasteiger partial charge in [0, 0.05) is 19.2 Å². The summed E-state index contributed by atoms with van der Waals surface area (Å²) in [4.78, 5) is 0. The van der Waals surface area contributed by atoms with E-state index >= 15 is 0 Å². The summed E-state index contributed by atoms with van der Waals surface area (Å²) in [5.41, 5.74) is 5.77. The first kappa shape index (κ1) is 7.98. The van der Waals surface area contributed by atoms with Gasteiger partial charge in [-0.05, 0) is 25.3 Å². The predicted molar refractivity (Wildman–Crippen MR) is 40.7 cm³/mol. The summed E-state index contributed by atoms with van der Waals surface area (Å²) < 4.78 is 0. The van der Waals surface area contributed by atoms with Gasteiger partial charge in [-0.3, -0.25) is 0 Å². The lowest BCUT2D eigenvalue weighted by Crippen LogP contribution is -2.38. The van der Waals surface area contributed by atoms with Gasteiger partial charge in [0.2, 0.25) is 0 Å². The molecular weight excluding hydrogens is 128 g/mol. The average Bonchev–Trinajstić information content (AvgIpc) is 2.13. The van der Waals surface area contributed by atoms with E-state index in [4.69, 9.17) is 10.8 Å². The van der Waals surface area contributed by atoms with Gasteiger partial charge < -0.3 is 16.2 Å². The second-order valence-corrected chi connectivity index (χ2v) is 2.95. The molecular formula is C7H16N2O. The van der Waals surface area contributed by atoms with Gasteiger partial charge in [-0.15, -0.1) is 0 Å². The summed E-state index contributed by atoms with van der Waals surface area (Å²) >= 11 is 0. The van der Waals surface area contributed by atoms with E-state index in [2.05, 4.69) is 5.32 Å². The number of nitrogens with two attached hydrogens (primary N) is 1. The lowest BCUT2D eigenvalue weighted by Gasteiger charge is -2.17. The molecule has 0 aliphatic carbocycles. The molecule has 1 fully saturated rings. The van der Waals surface area contributed by atoms with Crippen LogP contribution in [0.25, 0.3) is 0 Å². The van der Waals surface area contributed by atoms with Crippen molar-refractivity contribution in [2.75, 3.05) is 19.7 Å². The normalized spacial score (nSPS) is 35.4. The SMILES string of the molecule is NC1CNCCCC1CO. The Bertz CT molecular complexity index is 97.6. The average molecular weight is 144 g/mol. The van der Waals surface area contributed by atoms with Gasteiger partial charge in [-0.2, -0.15) is 0 Å². The zero-order valence-electron chi connectivity index (χ0n) is 6.21. The maximum atomic E-state index is 8.88.